The standard InChI is InChI=1S/C21H24N4O3.C2H6/c1-5-22-21(28)20-24-23-19(25(20)14-8-6-13(4)7-9-14)16-10-15(12(2)3)17(26)11-18(16)27;1-2/h6-12,26-27H,5H2,1-4H3,(H,22,28);1-2H3. The lowest BCUT2D eigenvalue weighted by Crippen LogP contribution is -2.26. The molecule has 0 aliphatic heterocycles. The molecule has 7 heteroatoms. The molecule has 0 fully saturated rings. The summed E-state index contributed by atoms with van der Waals surface area (Å²) in [5.74, 6) is 0.0117. The molecule has 30 heavy (non-hydrogen) atoms. The van der Waals surface area contributed by atoms with Crippen molar-refractivity contribution in [1.29, 1.82) is 0 Å². The summed E-state index contributed by atoms with van der Waals surface area (Å²) in [4.78, 5) is 12.5. The van der Waals surface area contributed by atoms with Crippen LogP contribution in [0.5, 0.6) is 11.5 Å². The Morgan fingerprint density at radius 1 is 1.07 bits per heavy atom. The third-order valence-electron chi connectivity index (χ3n) is 4.50. The van der Waals surface area contributed by atoms with Crippen molar-refractivity contribution in [2.75, 3.05) is 6.54 Å². The van der Waals surface area contributed by atoms with E-state index in [0.29, 0.717) is 29.2 Å². The summed E-state index contributed by atoms with van der Waals surface area (Å²) >= 11 is 0. The highest BCUT2D eigenvalue weighted by Gasteiger charge is 2.24. The molecule has 0 aliphatic carbocycles. The summed E-state index contributed by atoms with van der Waals surface area (Å²) in [6, 6.07) is 10.6. The number of aromatic nitrogens is 3. The second-order valence-electron chi connectivity index (χ2n) is 6.96. The Balaban J connectivity index is 0.00000155. The molecule has 7 nitrogen and oxygen atoms in total. The van der Waals surface area contributed by atoms with E-state index in [1.807, 2.05) is 65.8 Å². The molecule has 3 aromatic rings. The molecule has 0 bridgehead atoms. The molecule has 1 aromatic heterocycles. The lowest BCUT2D eigenvalue weighted by molar-refractivity contribution is 0.0943. The van der Waals surface area contributed by atoms with Gasteiger partial charge in [0.05, 0.1) is 5.56 Å². The minimum absolute atomic E-state index is 0.0154. The van der Waals surface area contributed by atoms with Crippen LogP contribution in [0.25, 0.3) is 17.1 Å². The van der Waals surface area contributed by atoms with Gasteiger partial charge >= 0.3 is 0 Å². The van der Waals surface area contributed by atoms with Crippen molar-refractivity contribution >= 4 is 5.91 Å². The minimum Gasteiger partial charge on any atom is -0.508 e. The fourth-order valence-electron chi connectivity index (χ4n) is 3.02. The van der Waals surface area contributed by atoms with Gasteiger partial charge in [-0.05, 0) is 43.5 Å². The van der Waals surface area contributed by atoms with Crippen molar-refractivity contribution in [2.24, 2.45) is 0 Å². The van der Waals surface area contributed by atoms with Crippen molar-refractivity contribution < 1.29 is 15.0 Å². The zero-order valence-electron chi connectivity index (χ0n) is 18.4. The maximum Gasteiger partial charge on any atom is 0.289 e. The van der Waals surface area contributed by atoms with Crippen molar-refractivity contribution in [3.8, 4) is 28.6 Å². The molecule has 1 heterocycles. The predicted molar refractivity (Wildman–Crippen MR) is 118 cm³/mol. The van der Waals surface area contributed by atoms with Gasteiger partial charge in [-0.3, -0.25) is 9.36 Å². The Labute approximate surface area is 177 Å². The van der Waals surface area contributed by atoms with Crippen LogP contribution in [0, 0.1) is 6.92 Å². The van der Waals surface area contributed by atoms with Crippen LogP contribution in [0.4, 0.5) is 0 Å². The van der Waals surface area contributed by atoms with Crippen LogP contribution in [-0.2, 0) is 0 Å². The zero-order chi connectivity index (χ0) is 22.4. The minimum atomic E-state index is -0.357. The number of aromatic hydroxyl groups is 2. The van der Waals surface area contributed by atoms with Gasteiger partial charge in [0, 0.05) is 18.3 Å². The number of aryl methyl sites for hydroxylation is 1. The van der Waals surface area contributed by atoms with Gasteiger partial charge in [0.15, 0.2) is 5.82 Å². The smallest absolute Gasteiger partial charge is 0.289 e. The Hall–Kier alpha value is -3.35. The Kier molecular flexibility index (Phi) is 7.58. The molecule has 1 amide bonds. The van der Waals surface area contributed by atoms with Gasteiger partial charge in [0.2, 0.25) is 5.82 Å². The molecule has 0 radical (unpaired) electrons. The molecule has 160 valence electrons. The van der Waals surface area contributed by atoms with Crippen molar-refractivity contribution in [3.63, 3.8) is 0 Å². The van der Waals surface area contributed by atoms with Crippen LogP contribution in [-0.4, -0.2) is 37.4 Å². The number of rotatable bonds is 5. The maximum atomic E-state index is 12.5. The van der Waals surface area contributed by atoms with Crippen molar-refractivity contribution in [1.82, 2.24) is 20.1 Å². The average Bonchev–Trinajstić information content (AvgIpc) is 3.15. The average molecular weight is 411 g/mol. The normalized spacial score (nSPS) is 10.5. The second kappa shape index (κ2) is 9.91. The summed E-state index contributed by atoms with van der Waals surface area (Å²) in [5, 5.41) is 31.6. The van der Waals surface area contributed by atoms with E-state index in [2.05, 4.69) is 15.5 Å². The first-order valence-electron chi connectivity index (χ1n) is 10.2. The first-order chi connectivity index (χ1) is 14.3. The lowest BCUT2D eigenvalue weighted by atomic mass is 9.98. The van der Waals surface area contributed by atoms with Crippen LogP contribution in [0.3, 0.4) is 0 Å². The van der Waals surface area contributed by atoms with Crippen LogP contribution in [0.15, 0.2) is 36.4 Å². The molecule has 0 spiro atoms. The number of nitrogens with one attached hydrogen (secondary N) is 1. The lowest BCUT2D eigenvalue weighted by Gasteiger charge is -2.14. The van der Waals surface area contributed by atoms with E-state index in [0.717, 1.165) is 5.56 Å². The van der Waals surface area contributed by atoms with Gasteiger partial charge in [0.1, 0.15) is 11.5 Å². The molecule has 0 unspecified atom stereocenters. The molecule has 0 atom stereocenters. The zero-order valence-corrected chi connectivity index (χ0v) is 18.4. The Morgan fingerprint density at radius 3 is 2.27 bits per heavy atom. The van der Waals surface area contributed by atoms with E-state index >= 15 is 0 Å². The first-order valence-corrected chi connectivity index (χ1v) is 10.2. The number of hydrogen-bond acceptors (Lipinski definition) is 5. The van der Waals surface area contributed by atoms with Gasteiger partial charge < -0.3 is 15.5 Å². The van der Waals surface area contributed by atoms with E-state index in [1.54, 1.807) is 10.6 Å². The molecular weight excluding hydrogens is 380 g/mol. The second-order valence-corrected chi connectivity index (χ2v) is 6.96. The number of hydrogen-bond donors (Lipinski definition) is 3. The third kappa shape index (κ3) is 4.62. The van der Waals surface area contributed by atoms with Crippen LogP contribution in [0.2, 0.25) is 0 Å². The van der Waals surface area contributed by atoms with E-state index in [9.17, 15) is 15.0 Å². The van der Waals surface area contributed by atoms with Gasteiger partial charge in [-0.1, -0.05) is 45.4 Å². The third-order valence-corrected chi connectivity index (χ3v) is 4.50. The van der Waals surface area contributed by atoms with Gasteiger partial charge in [0.25, 0.3) is 5.91 Å². The van der Waals surface area contributed by atoms with E-state index in [1.165, 1.54) is 6.07 Å². The highest BCUT2D eigenvalue weighted by molar-refractivity contribution is 5.92. The number of phenols is 2. The molecular formula is C23H30N4O3. The van der Waals surface area contributed by atoms with Crippen molar-refractivity contribution in [2.45, 2.75) is 47.5 Å². The molecule has 0 saturated carbocycles. The van der Waals surface area contributed by atoms with E-state index in [4.69, 9.17) is 0 Å². The monoisotopic (exact) mass is 410 g/mol. The predicted octanol–water partition coefficient (Wildman–Crippen LogP) is 4.55. The largest absolute Gasteiger partial charge is 0.508 e. The molecule has 0 saturated heterocycles. The van der Waals surface area contributed by atoms with E-state index in [-0.39, 0.29) is 29.1 Å². The SMILES string of the molecule is CC.CCNC(=O)c1nnc(-c2cc(C(C)C)c(O)cc2O)n1-c1ccc(C)cc1. The molecule has 3 N–H and O–H groups in total. The fraction of sp³-hybridized carbons (Fsp3) is 0.348. The summed E-state index contributed by atoms with van der Waals surface area (Å²) in [7, 11) is 0. The maximum absolute atomic E-state index is 12.5. The van der Waals surface area contributed by atoms with E-state index < -0.39 is 0 Å². The summed E-state index contributed by atoms with van der Waals surface area (Å²) in [6.45, 7) is 12.1. The Morgan fingerprint density at radius 2 is 1.70 bits per heavy atom. The van der Waals surface area contributed by atoms with Gasteiger partial charge in [-0.15, -0.1) is 10.2 Å². The number of nitrogens with zero attached hydrogens (tertiary/aromatic N) is 3. The summed E-state index contributed by atoms with van der Waals surface area (Å²) in [5.41, 5.74) is 2.84. The van der Waals surface area contributed by atoms with Crippen molar-refractivity contribution in [3.05, 3.63) is 53.3 Å². The summed E-state index contributed by atoms with van der Waals surface area (Å²) in [6.07, 6.45) is 0. The van der Waals surface area contributed by atoms with Crippen LogP contribution in [0.1, 0.15) is 62.3 Å². The highest BCUT2D eigenvalue weighted by atomic mass is 16.3. The topological polar surface area (TPSA) is 100 Å². The fourth-order valence-corrected chi connectivity index (χ4v) is 3.02. The Bertz CT molecular complexity index is 1010. The summed E-state index contributed by atoms with van der Waals surface area (Å²) < 4.78 is 1.61. The quantitative estimate of drug-likeness (QED) is 0.573. The number of carbonyl (C=O) groups excluding carboxylic acids is 1. The van der Waals surface area contributed by atoms with Gasteiger partial charge in [-0.25, -0.2) is 0 Å². The van der Waals surface area contributed by atoms with Crippen LogP contribution < -0.4 is 5.32 Å². The number of carbonyl (C=O) groups is 1. The molecule has 2 aromatic carbocycles. The van der Waals surface area contributed by atoms with Crippen LogP contribution >= 0.6 is 0 Å². The first kappa shape index (κ1) is 22.9. The highest BCUT2D eigenvalue weighted by Crippen LogP contribution is 2.38. The number of phenolic OH excluding ortho intramolecular Hbond substituents is 2. The van der Waals surface area contributed by atoms with Gasteiger partial charge in [-0.2, -0.15) is 0 Å². The number of amides is 1. The molecule has 3 rings (SSSR count). The molecule has 0 aliphatic rings. The number of benzene rings is 2.